The van der Waals surface area contributed by atoms with E-state index in [1.807, 2.05) is 20.8 Å². The molecule has 11 nitrogen and oxygen atoms in total. The lowest BCUT2D eigenvalue weighted by atomic mass is 9.79. The van der Waals surface area contributed by atoms with Crippen molar-refractivity contribution < 1.29 is 48.7 Å². The van der Waals surface area contributed by atoms with E-state index >= 15 is 0 Å². The summed E-state index contributed by atoms with van der Waals surface area (Å²) < 4.78 is 24.0. The molecule has 11 heteroatoms. The number of likely N-dealkylation sites (N-methyl/N-ethyl adjacent to an activating group) is 1. The predicted molar refractivity (Wildman–Crippen MR) is 153 cm³/mol. The number of nitrogens with zero attached hydrogens (tertiary/aromatic N) is 1. The summed E-state index contributed by atoms with van der Waals surface area (Å²) in [5.41, 5.74) is -0.660. The van der Waals surface area contributed by atoms with Gasteiger partial charge in [-0.15, -0.1) is 0 Å². The minimum absolute atomic E-state index is 0.0178. The fraction of sp³-hybridized carbons (Fsp3) is 0.839. The smallest absolute Gasteiger partial charge is 0.308 e. The first-order valence-corrected chi connectivity index (χ1v) is 15.2. The summed E-state index contributed by atoms with van der Waals surface area (Å²) in [6, 6.07) is -0.696. The molecule has 0 aromatic heterocycles. The summed E-state index contributed by atoms with van der Waals surface area (Å²) >= 11 is 0. The van der Waals surface area contributed by atoms with E-state index < -0.39 is 78.3 Å². The lowest BCUT2D eigenvalue weighted by molar-refractivity contribution is -0.304. The lowest BCUT2D eigenvalue weighted by Crippen LogP contribution is -2.63. The highest BCUT2D eigenvalue weighted by Crippen LogP contribution is 2.45. The number of epoxide rings is 1. The van der Waals surface area contributed by atoms with Crippen LogP contribution in [0.1, 0.15) is 67.2 Å². The number of aliphatic hydroxyl groups excluding tert-OH is 3. The molecule has 0 saturated carbocycles. The molecule has 240 valence electrons. The van der Waals surface area contributed by atoms with Gasteiger partial charge in [0.25, 0.3) is 0 Å². The van der Waals surface area contributed by atoms with Crippen LogP contribution in [0.5, 0.6) is 0 Å². The van der Waals surface area contributed by atoms with Crippen molar-refractivity contribution >= 4 is 18.0 Å². The number of aldehydes is 1. The summed E-state index contributed by atoms with van der Waals surface area (Å²) in [6.45, 7) is 10.9. The Balaban J connectivity index is 1.97. The highest BCUT2D eigenvalue weighted by Gasteiger charge is 2.55. The quantitative estimate of drug-likeness (QED) is 0.232. The molecule has 3 rings (SSSR count). The van der Waals surface area contributed by atoms with Gasteiger partial charge >= 0.3 is 5.97 Å². The highest BCUT2D eigenvalue weighted by molar-refractivity contribution is 5.91. The first kappa shape index (κ1) is 34.8. The van der Waals surface area contributed by atoms with Crippen LogP contribution in [0.4, 0.5) is 0 Å². The SMILES string of the molecule is CC[C@H]1OC(=O)C[C@@H](O)[C@H](C)[C@@H](O[C@@H]2O[C@H](C)[C@@H](O)[C@H](N(C)C)[C@H]2O)[C@@H](CC=O)C[C@@H](C)C(=O)/C=C/[C@]2(C)O[C@H]2[C@@H]1C. The summed E-state index contributed by atoms with van der Waals surface area (Å²) in [5.74, 6) is -2.59. The summed E-state index contributed by atoms with van der Waals surface area (Å²) in [5, 5.41) is 33.1. The van der Waals surface area contributed by atoms with E-state index in [9.17, 15) is 29.7 Å². The maximum absolute atomic E-state index is 13.2. The zero-order valence-electron chi connectivity index (χ0n) is 26.2. The minimum Gasteiger partial charge on any atom is -0.462 e. The number of ketones is 1. The molecule has 0 aromatic rings. The molecule has 3 N–H and O–H groups in total. The van der Waals surface area contributed by atoms with Crippen molar-refractivity contribution in [1.29, 1.82) is 0 Å². The maximum Gasteiger partial charge on any atom is 0.308 e. The molecule has 0 spiro atoms. The maximum atomic E-state index is 13.2. The Morgan fingerprint density at radius 2 is 1.76 bits per heavy atom. The molecule has 0 unspecified atom stereocenters. The van der Waals surface area contributed by atoms with E-state index in [-0.39, 0.29) is 37.1 Å². The Morgan fingerprint density at radius 1 is 1.10 bits per heavy atom. The van der Waals surface area contributed by atoms with Gasteiger partial charge < -0.3 is 44.0 Å². The Bertz CT molecular complexity index is 973. The van der Waals surface area contributed by atoms with E-state index in [0.29, 0.717) is 6.42 Å². The third-order valence-electron chi connectivity index (χ3n) is 9.42. The molecule has 3 heterocycles. The molecule has 0 aliphatic carbocycles. The van der Waals surface area contributed by atoms with E-state index in [1.54, 1.807) is 45.8 Å². The van der Waals surface area contributed by atoms with Crippen molar-refractivity contribution in [2.24, 2.45) is 23.7 Å². The van der Waals surface area contributed by atoms with E-state index in [2.05, 4.69) is 0 Å². The third kappa shape index (κ3) is 7.85. The van der Waals surface area contributed by atoms with Crippen LogP contribution in [0.2, 0.25) is 0 Å². The molecule has 42 heavy (non-hydrogen) atoms. The molecule has 2 saturated heterocycles. The molecular weight excluding hydrogens is 546 g/mol. The van der Waals surface area contributed by atoms with Crippen molar-refractivity contribution in [2.75, 3.05) is 14.1 Å². The number of ether oxygens (including phenoxy) is 4. The number of carbonyl (C=O) groups is 3. The third-order valence-corrected chi connectivity index (χ3v) is 9.42. The van der Waals surface area contributed by atoms with Crippen LogP contribution in [-0.4, -0.2) is 113 Å². The van der Waals surface area contributed by atoms with Crippen LogP contribution in [0, 0.1) is 23.7 Å². The number of aliphatic hydroxyl groups is 3. The van der Waals surface area contributed by atoms with Crippen LogP contribution < -0.4 is 0 Å². The molecule has 0 amide bonds. The molecule has 0 aromatic carbocycles. The standard InChI is InChI=1S/C31H51NO10/c1-9-23-18(4)29-31(6,42-29)12-10-21(34)16(2)14-20(11-13-33)28(17(3)22(35)15-24(36)40-23)41-30-27(38)25(32(7)8)26(37)19(5)39-30/h10,12-13,16-20,22-23,25-30,35,37-38H,9,11,14-15H2,1-8H3/b12-10+/t16-,17+,18-,19-,20+,22-,23-,25+,26-,27-,28-,29+,30+,31+/m1/s1. The first-order chi connectivity index (χ1) is 19.6. The Hall–Kier alpha value is -1.73. The number of hydrogen-bond donors (Lipinski definition) is 3. The normalized spacial score (nSPS) is 46.5. The van der Waals surface area contributed by atoms with Crippen LogP contribution in [0.3, 0.4) is 0 Å². The fourth-order valence-electron chi connectivity index (χ4n) is 6.58. The van der Waals surface area contributed by atoms with Crippen molar-refractivity contribution in [3.63, 3.8) is 0 Å². The number of hydrogen-bond acceptors (Lipinski definition) is 11. The topological polar surface area (TPSA) is 155 Å². The van der Waals surface area contributed by atoms with Gasteiger partial charge in [-0.25, -0.2) is 0 Å². The molecule has 0 radical (unpaired) electrons. The zero-order chi connectivity index (χ0) is 31.5. The monoisotopic (exact) mass is 597 g/mol. The Morgan fingerprint density at radius 3 is 2.36 bits per heavy atom. The second kappa shape index (κ2) is 14.4. The van der Waals surface area contributed by atoms with E-state index in [1.165, 1.54) is 6.08 Å². The lowest BCUT2D eigenvalue weighted by Gasteiger charge is -2.46. The molecule has 2 fully saturated rings. The number of fused-ring (bicyclic) bond motifs is 1. The van der Waals surface area contributed by atoms with Gasteiger partial charge in [0.2, 0.25) is 0 Å². The van der Waals surface area contributed by atoms with Crippen molar-refractivity contribution in [2.45, 2.75) is 128 Å². The van der Waals surface area contributed by atoms with E-state index in [4.69, 9.17) is 18.9 Å². The van der Waals surface area contributed by atoms with Crippen LogP contribution >= 0.6 is 0 Å². The van der Waals surface area contributed by atoms with Crippen molar-refractivity contribution in [3.05, 3.63) is 12.2 Å². The van der Waals surface area contributed by atoms with Crippen molar-refractivity contribution in [1.82, 2.24) is 4.90 Å². The van der Waals surface area contributed by atoms with E-state index in [0.717, 1.165) is 6.29 Å². The fourth-order valence-corrected chi connectivity index (χ4v) is 6.58. The van der Waals surface area contributed by atoms with Crippen LogP contribution in [0.15, 0.2) is 12.2 Å². The van der Waals surface area contributed by atoms with Crippen LogP contribution in [0.25, 0.3) is 0 Å². The number of rotatable bonds is 6. The molecule has 3 aliphatic heterocycles. The van der Waals surface area contributed by atoms with Gasteiger partial charge in [-0.1, -0.05) is 27.7 Å². The first-order valence-electron chi connectivity index (χ1n) is 15.2. The van der Waals surface area contributed by atoms with Gasteiger partial charge in [0.15, 0.2) is 12.1 Å². The zero-order valence-corrected chi connectivity index (χ0v) is 26.2. The minimum atomic E-state index is -1.25. The van der Waals surface area contributed by atoms with Gasteiger partial charge in [0.05, 0.1) is 43.0 Å². The molecular formula is C31H51NO10. The van der Waals surface area contributed by atoms with Crippen LogP contribution in [-0.2, 0) is 33.3 Å². The highest BCUT2D eigenvalue weighted by atomic mass is 16.7. The van der Waals surface area contributed by atoms with Gasteiger partial charge in [-0.05, 0) is 58.9 Å². The van der Waals surface area contributed by atoms with Gasteiger partial charge in [-0.2, -0.15) is 0 Å². The predicted octanol–water partition coefficient (Wildman–Crippen LogP) is 1.64. The second-order valence-corrected chi connectivity index (χ2v) is 12.9. The Kier molecular flexibility index (Phi) is 11.9. The summed E-state index contributed by atoms with van der Waals surface area (Å²) in [6.07, 6.45) is -2.34. The largest absolute Gasteiger partial charge is 0.462 e. The average Bonchev–Trinajstić information content (AvgIpc) is 3.61. The molecule has 3 aliphatic rings. The number of cyclic esters (lactones) is 1. The summed E-state index contributed by atoms with van der Waals surface area (Å²) in [4.78, 5) is 39.8. The number of allylic oxidation sites excluding steroid dienone is 1. The van der Waals surface area contributed by atoms with Gasteiger partial charge in [0, 0.05) is 24.2 Å². The summed E-state index contributed by atoms with van der Waals surface area (Å²) in [7, 11) is 3.46. The van der Waals surface area contributed by atoms with Crippen molar-refractivity contribution in [3.8, 4) is 0 Å². The second-order valence-electron chi connectivity index (χ2n) is 12.9. The molecule has 14 atom stereocenters. The average molecular weight is 598 g/mol. The van der Waals surface area contributed by atoms with Gasteiger partial charge in [0.1, 0.15) is 24.1 Å². The number of carbonyl (C=O) groups excluding carboxylic acids is 3. The number of esters is 1. The van der Waals surface area contributed by atoms with Gasteiger partial charge in [-0.3, -0.25) is 9.59 Å². The Labute approximate surface area is 249 Å². The molecule has 0 bridgehead atoms.